The largest absolute Gasteiger partial charge is 0.478 e. The van der Waals surface area contributed by atoms with Crippen molar-refractivity contribution in [3.05, 3.63) is 53.6 Å². The van der Waals surface area contributed by atoms with Gasteiger partial charge in [0.15, 0.2) is 0 Å². The molecule has 0 atom stereocenters. The van der Waals surface area contributed by atoms with Crippen LogP contribution in [0.2, 0.25) is 0 Å². The molecule has 0 spiro atoms. The van der Waals surface area contributed by atoms with Crippen LogP contribution in [0.15, 0.2) is 42.5 Å². The van der Waals surface area contributed by atoms with E-state index in [9.17, 15) is 9.59 Å². The fourth-order valence-electron chi connectivity index (χ4n) is 1.20. The first-order chi connectivity index (χ1) is 9.01. The first-order valence-corrected chi connectivity index (χ1v) is 5.55. The average Bonchev–Trinajstić information content (AvgIpc) is 2.38. The molecule has 0 saturated carbocycles. The molecule has 0 aliphatic rings. The van der Waals surface area contributed by atoms with Crippen LogP contribution >= 0.6 is 0 Å². The van der Waals surface area contributed by atoms with Crippen molar-refractivity contribution in [2.24, 2.45) is 5.73 Å². The maximum absolute atomic E-state index is 9.55. The summed E-state index contributed by atoms with van der Waals surface area (Å²) in [5, 5.41) is 15.6. The van der Waals surface area contributed by atoms with Crippen molar-refractivity contribution in [3.8, 4) is 0 Å². The van der Waals surface area contributed by atoms with Gasteiger partial charge in [0.2, 0.25) is 0 Å². The molecule has 1 aromatic carbocycles. The molecule has 19 heavy (non-hydrogen) atoms. The van der Waals surface area contributed by atoms with Gasteiger partial charge in [0.1, 0.15) is 0 Å². The Morgan fingerprint density at radius 2 is 1.68 bits per heavy atom. The van der Waals surface area contributed by atoms with Gasteiger partial charge >= 0.3 is 11.9 Å². The lowest BCUT2D eigenvalue weighted by atomic mass is 10.1. The van der Waals surface area contributed by atoms with Crippen molar-refractivity contribution in [1.29, 1.82) is 0 Å². The number of benzene rings is 1. The fourth-order valence-corrected chi connectivity index (χ4v) is 1.20. The molecule has 0 radical (unpaired) electrons. The Balaban J connectivity index is 0.000000362. The zero-order chi connectivity index (χ0) is 14.7. The van der Waals surface area contributed by atoms with Crippen LogP contribution < -0.4 is 5.73 Å². The highest BCUT2D eigenvalue weighted by molar-refractivity contribution is 5.89. The molecule has 5 heteroatoms. The number of aliphatic carboxylic acids is 2. The van der Waals surface area contributed by atoms with Crippen molar-refractivity contribution >= 4 is 18.0 Å². The molecule has 0 aromatic heterocycles. The molecule has 0 amide bonds. The number of carboxylic acid groups (broad SMARTS) is 2. The van der Waals surface area contributed by atoms with E-state index in [-0.39, 0.29) is 0 Å². The second-order valence-corrected chi connectivity index (χ2v) is 3.41. The molecular weight excluding hydrogens is 246 g/mol. The monoisotopic (exact) mass is 263 g/mol. The average molecular weight is 263 g/mol. The minimum absolute atomic E-state index is 0.558. The van der Waals surface area contributed by atoms with Gasteiger partial charge in [-0.05, 0) is 18.1 Å². The Morgan fingerprint density at radius 1 is 1.16 bits per heavy atom. The lowest BCUT2D eigenvalue weighted by Gasteiger charge is -2.00. The third kappa shape index (κ3) is 8.34. The van der Waals surface area contributed by atoms with Crippen LogP contribution in [0.25, 0.3) is 6.08 Å². The van der Waals surface area contributed by atoms with E-state index in [2.05, 4.69) is 18.2 Å². The van der Waals surface area contributed by atoms with E-state index < -0.39 is 11.9 Å². The summed E-state index contributed by atoms with van der Waals surface area (Å²) < 4.78 is 0. The van der Waals surface area contributed by atoms with Gasteiger partial charge in [0.25, 0.3) is 0 Å². The summed E-state index contributed by atoms with van der Waals surface area (Å²) in [7, 11) is 0. The number of hydrogen-bond donors (Lipinski definition) is 3. The van der Waals surface area contributed by atoms with Gasteiger partial charge in [-0.1, -0.05) is 36.4 Å². The lowest BCUT2D eigenvalue weighted by molar-refractivity contribution is -0.134. The van der Waals surface area contributed by atoms with Crippen molar-refractivity contribution in [2.75, 3.05) is 0 Å². The van der Waals surface area contributed by atoms with Crippen LogP contribution in [0.5, 0.6) is 0 Å². The summed E-state index contributed by atoms with van der Waals surface area (Å²) in [4.78, 5) is 19.1. The van der Waals surface area contributed by atoms with Gasteiger partial charge in [-0.25, -0.2) is 9.59 Å². The SMILES string of the molecule is CC=Cc1ccccc1CN.O=C(O)C=CC(=O)O. The van der Waals surface area contributed by atoms with Gasteiger partial charge < -0.3 is 15.9 Å². The minimum atomic E-state index is -1.26. The van der Waals surface area contributed by atoms with Gasteiger partial charge in [-0.3, -0.25) is 0 Å². The van der Waals surface area contributed by atoms with Crippen LogP contribution in [0, 0.1) is 0 Å². The van der Waals surface area contributed by atoms with Gasteiger partial charge in [-0.15, -0.1) is 0 Å². The Morgan fingerprint density at radius 3 is 2.11 bits per heavy atom. The van der Waals surface area contributed by atoms with Crippen LogP contribution in [-0.4, -0.2) is 22.2 Å². The smallest absolute Gasteiger partial charge is 0.328 e. The zero-order valence-corrected chi connectivity index (χ0v) is 10.6. The number of allylic oxidation sites excluding steroid dienone is 1. The third-order valence-corrected chi connectivity index (χ3v) is 1.99. The Hall–Kier alpha value is -2.40. The molecule has 102 valence electrons. The van der Waals surface area contributed by atoms with Crippen molar-refractivity contribution in [3.63, 3.8) is 0 Å². The van der Waals surface area contributed by atoms with Gasteiger partial charge in [0.05, 0.1) is 0 Å². The highest BCUT2D eigenvalue weighted by Gasteiger charge is 1.92. The summed E-state index contributed by atoms with van der Waals surface area (Å²) in [6.07, 6.45) is 5.21. The quantitative estimate of drug-likeness (QED) is 0.720. The first-order valence-electron chi connectivity index (χ1n) is 5.55. The standard InChI is InChI=1S/C10H13N.C4H4O4/c1-2-5-9-6-3-4-7-10(9)8-11;5-3(6)1-2-4(7)8/h2-7H,8,11H2,1H3;1-2H,(H,5,6)(H,7,8). The molecule has 0 unspecified atom stereocenters. The third-order valence-electron chi connectivity index (χ3n) is 1.99. The normalized spacial score (nSPS) is 10.2. The molecular formula is C14H17NO4. The van der Waals surface area contributed by atoms with E-state index in [0.717, 1.165) is 0 Å². The van der Waals surface area contributed by atoms with E-state index in [1.807, 2.05) is 25.1 Å². The topological polar surface area (TPSA) is 101 Å². The number of rotatable bonds is 4. The van der Waals surface area contributed by atoms with Crippen molar-refractivity contribution in [1.82, 2.24) is 0 Å². The van der Waals surface area contributed by atoms with Gasteiger partial charge in [0, 0.05) is 18.7 Å². The van der Waals surface area contributed by atoms with Crippen LogP contribution in [-0.2, 0) is 16.1 Å². The zero-order valence-electron chi connectivity index (χ0n) is 10.6. The maximum atomic E-state index is 9.55. The summed E-state index contributed by atoms with van der Waals surface area (Å²) in [5.41, 5.74) is 7.97. The molecule has 0 fully saturated rings. The first kappa shape index (κ1) is 16.6. The maximum Gasteiger partial charge on any atom is 0.328 e. The second-order valence-electron chi connectivity index (χ2n) is 3.41. The molecule has 1 aromatic rings. The predicted molar refractivity (Wildman–Crippen MR) is 73.5 cm³/mol. The van der Waals surface area contributed by atoms with Crippen molar-refractivity contribution < 1.29 is 19.8 Å². The summed E-state index contributed by atoms with van der Waals surface area (Å²) >= 11 is 0. The molecule has 0 saturated heterocycles. The number of carboxylic acids is 2. The number of hydrogen-bond acceptors (Lipinski definition) is 3. The van der Waals surface area contributed by atoms with Crippen LogP contribution in [0.1, 0.15) is 18.1 Å². The highest BCUT2D eigenvalue weighted by Crippen LogP contribution is 2.09. The molecule has 4 N–H and O–H groups in total. The van der Waals surface area contributed by atoms with E-state index in [1.165, 1.54) is 11.1 Å². The number of carbonyl (C=O) groups is 2. The fraction of sp³-hybridized carbons (Fsp3) is 0.143. The summed E-state index contributed by atoms with van der Waals surface area (Å²) in [5.74, 6) is -2.51. The minimum Gasteiger partial charge on any atom is -0.478 e. The predicted octanol–water partition coefficient (Wildman–Crippen LogP) is 1.89. The Kier molecular flexibility index (Phi) is 8.40. The highest BCUT2D eigenvalue weighted by atomic mass is 16.4. The summed E-state index contributed by atoms with van der Waals surface area (Å²) in [6.45, 7) is 2.62. The van der Waals surface area contributed by atoms with Crippen molar-refractivity contribution in [2.45, 2.75) is 13.5 Å². The molecule has 0 heterocycles. The van der Waals surface area contributed by atoms with Crippen LogP contribution in [0.3, 0.4) is 0 Å². The number of nitrogens with two attached hydrogens (primary N) is 1. The Labute approximate surface area is 111 Å². The second kappa shape index (κ2) is 9.61. The lowest BCUT2D eigenvalue weighted by Crippen LogP contribution is -1.97. The van der Waals surface area contributed by atoms with Crippen LogP contribution in [0.4, 0.5) is 0 Å². The molecule has 5 nitrogen and oxygen atoms in total. The molecule has 0 aliphatic heterocycles. The molecule has 0 bridgehead atoms. The van der Waals surface area contributed by atoms with E-state index >= 15 is 0 Å². The summed E-state index contributed by atoms with van der Waals surface area (Å²) in [6, 6.07) is 8.15. The Bertz CT molecular complexity index is 462. The van der Waals surface area contributed by atoms with E-state index in [4.69, 9.17) is 15.9 Å². The molecule has 1 rings (SSSR count). The van der Waals surface area contributed by atoms with Gasteiger partial charge in [-0.2, -0.15) is 0 Å². The van der Waals surface area contributed by atoms with E-state index in [0.29, 0.717) is 18.7 Å². The molecule has 0 aliphatic carbocycles. The van der Waals surface area contributed by atoms with E-state index in [1.54, 1.807) is 0 Å².